The second-order valence-electron chi connectivity index (χ2n) is 9.11. The number of hydrogen-bond donors (Lipinski definition) is 1. The van der Waals surface area contributed by atoms with E-state index in [1.54, 1.807) is 4.90 Å². The quantitative estimate of drug-likeness (QED) is 0.556. The molecule has 1 aromatic heterocycles. The molecule has 0 bridgehead atoms. The van der Waals surface area contributed by atoms with Crippen LogP contribution >= 0.6 is 0 Å². The van der Waals surface area contributed by atoms with E-state index in [1.807, 2.05) is 30.3 Å². The summed E-state index contributed by atoms with van der Waals surface area (Å²) in [5.74, 6) is 0.610. The molecule has 3 heterocycles. The summed E-state index contributed by atoms with van der Waals surface area (Å²) in [6.07, 6.45) is 1.72. The van der Waals surface area contributed by atoms with Crippen molar-refractivity contribution in [3.63, 3.8) is 0 Å². The second-order valence-corrected chi connectivity index (χ2v) is 9.11. The van der Waals surface area contributed by atoms with E-state index in [0.717, 1.165) is 55.0 Å². The Morgan fingerprint density at radius 3 is 2.57 bits per heavy atom. The van der Waals surface area contributed by atoms with E-state index in [-0.39, 0.29) is 11.9 Å². The smallest absolute Gasteiger partial charge is 0.409 e. The molecule has 2 fully saturated rings. The monoisotopic (exact) mass is 481 g/mol. The summed E-state index contributed by atoms with van der Waals surface area (Å²) in [7, 11) is 0. The minimum absolute atomic E-state index is 0.231. The maximum absolute atomic E-state index is 13.4. The van der Waals surface area contributed by atoms with Crippen molar-refractivity contribution in [1.29, 1.82) is 0 Å². The molecule has 0 aliphatic carbocycles. The first kappa shape index (κ1) is 23.6. The number of halogens is 1. The molecule has 2 aliphatic heterocycles. The molecule has 5 rings (SSSR count). The lowest BCUT2D eigenvalue weighted by molar-refractivity contribution is 0.0240. The SMILES string of the molecule is O=C(OCCN1CCC(Nc2nc3ccccc3n2Cc2ccc(F)cc2)CC1)N1CCOCC1. The number of aromatic nitrogens is 2. The van der Waals surface area contributed by atoms with Crippen LogP contribution in [0.3, 0.4) is 0 Å². The van der Waals surface area contributed by atoms with Gasteiger partial charge in [0.15, 0.2) is 0 Å². The Balaban J connectivity index is 1.15. The van der Waals surface area contributed by atoms with Gasteiger partial charge in [-0.05, 0) is 42.7 Å². The summed E-state index contributed by atoms with van der Waals surface area (Å²) >= 11 is 0. The van der Waals surface area contributed by atoms with Gasteiger partial charge in [0.25, 0.3) is 0 Å². The first-order valence-corrected chi connectivity index (χ1v) is 12.3. The van der Waals surface area contributed by atoms with Gasteiger partial charge in [0, 0.05) is 38.8 Å². The Bertz CT molecular complexity index is 1120. The van der Waals surface area contributed by atoms with E-state index in [9.17, 15) is 9.18 Å². The average Bonchev–Trinajstić information content (AvgIpc) is 3.23. The highest BCUT2D eigenvalue weighted by atomic mass is 19.1. The highest BCUT2D eigenvalue weighted by Crippen LogP contribution is 2.24. The van der Waals surface area contributed by atoms with Crippen molar-refractivity contribution < 1.29 is 18.7 Å². The number of morpholine rings is 1. The Hall–Kier alpha value is -3.17. The van der Waals surface area contributed by atoms with Crippen molar-refractivity contribution in [2.45, 2.75) is 25.4 Å². The summed E-state index contributed by atoms with van der Waals surface area (Å²) in [5.41, 5.74) is 3.02. The van der Waals surface area contributed by atoms with Gasteiger partial charge in [-0.2, -0.15) is 0 Å². The molecule has 2 saturated heterocycles. The highest BCUT2D eigenvalue weighted by molar-refractivity contribution is 5.78. The molecular formula is C26H32FN5O3. The largest absolute Gasteiger partial charge is 0.448 e. The molecule has 3 aromatic rings. The number of carbonyl (C=O) groups is 1. The summed E-state index contributed by atoms with van der Waals surface area (Å²) < 4.78 is 26.3. The van der Waals surface area contributed by atoms with Gasteiger partial charge < -0.3 is 24.3 Å². The van der Waals surface area contributed by atoms with Crippen LogP contribution in [0.5, 0.6) is 0 Å². The van der Waals surface area contributed by atoms with Gasteiger partial charge >= 0.3 is 6.09 Å². The third-order valence-corrected chi connectivity index (χ3v) is 6.73. The first-order chi connectivity index (χ1) is 17.2. The molecule has 1 N–H and O–H groups in total. The van der Waals surface area contributed by atoms with Crippen molar-refractivity contribution in [2.24, 2.45) is 0 Å². The minimum Gasteiger partial charge on any atom is -0.448 e. The van der Waals surface area contributed by atoms with Gasteiger partial charge in [0.1, 0.15) is 12.4 Å². The molecule has 0 unspecified atom stereocenters. The predicted octanol–water partition coefficient (Wildman–Crippen LogP) is 3.57. The number of imidazole rings is 1. The molecule has 2 aromatic carbocycles. The molecule has 9 heteroatoms. The third kappa shape index (κ3) is 5.91. The van der Waals surface area contributed by atoms with E-state index >= 15 is 0 Å². The van der Waals surface area contributed by atoms with Crippen molar-refractivity contribution >= 4 is 23.1 Å². The molecular weight excluding hydrogens is 449 g/mol. The van der Waals surface area contributed by atoms with Crippen molar-refractivity contribution in [3.05, 3.63) is 59.9 Å². The molecule has 8 nitrogen and oxygen atoms in total. The number of carbonyl (C=O) groups excluding carboxylic acids is 1. The Labute approximate surface area is 204 Å². The van der Waals surface area contributed by atoms with Crippen LogP contribution in [0.1, 0.15) is 18.4 Å². The number of nitrogens with one attached hydrogen (secondary N) is 1. The van der Waals surface area contributed by atoms with Crippen LogP contribution in [0.15, 0.2) is 48.5 Å². The Morgan fingerprint density at radius 1 is 1.06 bits per heavy atom. The summed E-state index contributed by atoms with van der Waals surface area (Å²) in [5, 5.41) is 3.66. The van der Waals surface area contributed by atoms with Crippen LogP contribution in [-0.2, 0) is 16.0 Å². The fourth-order valence-corrected chi connectivity index (χ4v) is 4.70. The predicted molar refractivity (Wildman–Crippen MR) is 132 cm³/mol. The maximum atomic E-state index is 13.4. The number of amides is 1. The van der Waals surface area contributed by atoms with Crippen LogP contribution in [0.4, 0.5) is 15.1 Å². The van der Waals surface area contributed by atoms with E-state index < -0.39 is 0 Å². The van der Waals surface area contributed by atoms with Gasteiger partial charge in [0.05, 0.1) is 30.8 Å². The van der Waals surface area contributed by atoms with E-state index in [4.69, 9.17) is 14.5 Å². The molecule has 35 heavy (non-hydrogen) atoms. The van der Waals surface area contributed by atoms with E-state index in [0.29, 0.717) is 45.5 Å². The van der Waals surface area contributed by atoms with E-state index in [2.05, 4.69) is 20.9 Å². The summed E-state index contributed by atoms with van der Waals surface area (Å²) in [6.45, 7) is 5.99. The van der Waals surface area contributed by atoms with Crippen LogP contribution in [0.25, 0.3) is 11.0 Å². The average molecular weight is 482 g/mol. The van der Waals surface area contributed by atoms with Crippen LogP contribution in [0, 0.1) is 5.82 Å². The fourth-order valence-electron chi connectivity index (χ4n) is 4.70. The molecule has 0 spiro atoms. The number of nitrogens with zero attached hydrogens (tertiary/aromatic N) is 4. The highest BCUT2D eigenvalue weighted by Gasteiger charge is 2.23. The number of ether oxygens (including phenoxy) is 2. The molecule has 2 aliphatic rings. The number of piperidine rings is 1. The lowest BCUT2D eigenvalue weighted by Crippen LogP contribution is -2.43. The van der Waals surface area contributed by atoms with Crippen LogP contribution in [-0.4, -0.2) is 84.0 Å². The molecule has 0 radical (unpaired) electrons. The number of likely N-dealkylation sites (tertiary alicyclic amines) is 1. The van der Waals surface area contributed by atoms with Gasteiger partial charge in [-0.15, -0.1) is 0 Å². The van der Waals surface area contributed by atoms with Gasteiger partial charge in [-0.1, -0.05) is 24.3 Å². The molecule has 1 amide bonds. The number of rotatable bonds is 7. The minimum atomic E-state index is -0.245. The van der Waals surface area contributed by atoms with Gasteiger partial charge in [-0.25, -0.2) is 14.2 Å². The lowest BCUT2D eigenvalue weighted by Gasteiger charge is -2.32. The van der Waals surface area contributed by atoms with Crippen molar-refractivity contribution in [1.82, 2.24) is 19.4 Å². The fraction of sp³-hybridized carbons (Fsp3) is 0.462. The number of hydrogen-bond acceptors (Lipinski definition) is 6. The third-order valence-electron chi connectivity index (χ3n) is 6.73. The van der Waals surface area contributed by atoms with Crippen molar-refractivity contribution in [3.8, 4) is 0 Å². The van der Waals surface area contributed by atoms with Crippen LogP contribution in [0.2, 0.25) is 0 Å². The molecule has 0 atom stereocenters. The van der Waals surface area contributed by atoms with E-state index in [1.165, 1.54) is 12.1 Å². The molecule has 186 valence electrons. The normalized spacial score (nSPS) is 17.6. The van der Waals surface area contributed by atoms with Gasteiger partial charge in [-0.3, -0.25) is 4.90 Å². The number of fused-ring (bicyclic) bond motifs is 1. The number of anilines is 1. The Morgan fingerprint density at radius 2 is 1.80 bits per heavy atom. The van der Waals surface area contributed by atoms with Gasteiger partial charge in [0.2, 0.25) is 5.95 Å². The first-order valence-electron chi connectivity index (χ1n) is 12.3. The zero-order chi connectivity index (χ0) is 24.0. The topological polar surface area (TPSA) is 71.9 Å². The maximum Gasteiger partial charge on any atom is 0.409 e. The standard InChI is InChI=1S/C26H32FN5O3/c27-21-7-5-20(6-8-21)19-32-24-4-2-1-3-23(24)29-25(32)28-22-9-11-30(12-10-22)13-18-35-26(33)31-14-16-34-17-15-31/h1-8,22H,9-19H2,(H,28,29). The molecule has 0 saturated carbocycles. The van der Waals surface area contributed by atoms with Crippen LogP contribution < -0.4 is 5.32 Å². The Kier molecular flexibility index (Phi) is 7.44. The van der Waals surface area contributed by atoms with Crippen molar-refractivity contribution in [2.75, 3.05) is 57.9 Å². The summed E-state index contributed by atoms with van der Waals surface area (Å²) in [4.78, 5) is 21.0. The second kappa shape index (κ2) is 11.0. The number of para-hydroxylation sites is 2. The zero-order valence-corrected chi connectivity index (χ0v) is 19.9. The zero-order valence-electron chi connectivity index (χ0n) is 19.9. The lowest BCUT2D eigenvalue weighted by atomic mass is 10.1. The summed E-state index contributed by atoms with van der Waals surface area (Å²) in [6, 6.07) is 15.0. The number of benzene rings is 2.